The summed E-state index contributed by atoms with van der Waals surface area (Å²) in [5, 5.41) is 16.4. The van der Waals surface area contributed by atoms with E-state index in [0.717, 1.165) is 22.1 Å². The highest BCUT2D eigenvalue weighted by atomic mass is 32.1. The van der Waals surface area contributed by atoms with Crippen molar-refractivity contribution in [1.29, 1.82) is 0 Å². The molecule has 3 rings (SSSR count). The van der Waals surface area contributed by atoms with Crippen LogP contribution in [0.25, 0.3) is 10.6 Å². The van der Waals surface area contributed by atoms with Gasteiger partial charge in [0.2, 0.25) is 6.41 Å². The predicted octanol–water partition coefficient (Wildman–Crippen LogP) is 5.80. The summed E-state index contributed by atoms with van der Waals surface area (Å²) in [4.78, 5) is 20.9. The number of alkyl halides is 3. The van der Waals surface area contributed by atoms with E-state index in [9.17, 15) is 32.5 Å². The van der Waals surface area contributed by atoms with Crippen molar-refractivity contribution >= 4 is 29.1 Å². The van der Waals surface area contributed by atoms with Crippen molar-refractivity contribution in [2.45, 2.75) is 26.9 Å². The molecule has 7 nitrogen and oxygen atoms in total. The van der Waals surface area contributed by atoms with Gasteiger partial charge in [0.1, 0.15) is 10.7 Å². The van der Waals surface area contributed by atoms with Gasteiger partial charge in [0, 0.05) is 18.0 Å². The van der Waals surface area contributed by atoms with Crippen LogP contribution in [0.4, 0.5) is 28.9 Å². The number of carbonyl (C=O) groups excluding carboxylic acids is 1. The molecule has 0 aliphatic rings. The number of hydrogen-bond acceptors (Lipinski definition) is 5. The summed E-state index contributed by atoms with van der Waals surface area (Å²) >= 11 is 1.06. The molecular weight excluding hydrogens is 440 g/mol. The number of hydrogen-bond donors (Lipinski definition) is 1. The Labute approximate surface area is 179 Å². The summed E-state index contributed by atoms with van der Waals surface area (Å²) in [5.74, 6) is -0.422. The van der Waals surface area contributed by atoms with Crippen LogP contribution in [0.15, 0.2) is 36.4 Å². The first-order valence-corrected chi connectivity index (χ1v) is 9.67. The summed E-state index contributed by atoms with van der Waals surface area (Å²) in [6, 6.07) is 8.13. The van der Waals surface area contributed by atoms with E-state index in [1.165, 1.54) is 25.2 Å². The molecule has 0 atom stereocenters. The first kappa shape index (κ1) is 25.8. The molecule has 0 fully saturated rings. The number of benzene rings is 1. The van der Waals surface area contributed by atoms with E-state index < -0.39 is 22.6 Å². The third kappa shape index (κ3) is 6.88. The van der Waals surface area contributed by atoms with Crippen molar-refractivity contribution in [3.8, 4) is 10.6 Å². The normalized spacial score (nSPS) is 10.3. The number of carbonyl (C=O) groups is 1. The van der Waals surface area contributed by atoms with Crippen LogP contribution >= 0.6 is 11.3 Å². The van der Waals surface area contributed by atoms with Crippen LogP contribution in [0.5, 0.6) is 0 Å². The van der Waals surface area contributed by atoms with E-state index in [-0.39, 0.29) is 21.9 Å². The highest BCUT2D eigenvalue weighted by Gasteiger charge is 2.35. The van der Waals surface area contributed by atoms with Gasteiger partial charge in [-0.2, -0.15) is 18.3 Å². The Balaban J connectivity index is 0.000000337. The second-order valence-corrected chi connectivity index (χ2v) is 6.86. The Kier molecular flexibility index (Phi) is 9.31. The third-order valence-electron chi connectivity index (χ3n) is 3.52. The molecule has 0 radical (unpaired) electrons. The number of nitrogens with one attached hydrogen (secondary N) is 1. The molecule has 0 aliphatic carbocycles. The highest BCUT2D eigenvalue weighted by molar-refractivity contribution is 7.16. The van der Waals surface area contributed by atoms with Crippen LogP contribution in [-0.2, 0) is 18.0 Å². The lowest BCUT2D eigenvalue weighted by Gasteiger charge is -1.99. The molecule has 2 heterocycles. The van der Waals surface area contributed by atoms with Crippen LogP contribution in [0, 0.1) is 22.9 Å². The highest BCUT2D eigenvalue weighted by Crippen LogP contribution is 2.39. The van der Waals surface area contributed by atoms with Gasteiger partial charge in [0.25, 0.3) is 5.69 Å². The van der Waals surface area contributed by atoms with Gasteiger partial charge in [0.15, 0.2) is 5.69 Å². The molecule has 31 heavy (non-hydrogen) atoms. The van der Waals surface area contributed by atoms with Crippen LogP contribution < -0.4 is 5.32 Å². The Morgan fingerprint density at radius 1 is 1.23 bits per heavy atom. The molecule has 0 spiro atoms. The number of amides is 1. The van der Waals surface area contributed by atoms with Crippen LogP contribution in [0.2, 0.25) is 0 Å². The third-order valence-corrected chi connectivity index (χ3v) is 4.59. The molecule has 2 aromatic heterocycles. The largest absolute Gasteiger partial charge is 0.435 e. The fourth-order valence-electron chi connectivity index (χ4n) is 2.28. The lowest BCUT2D eigenvalue weighted by atomic mass is 10.2. The number of aryl methyl sites for hydroxylation is 2. The van der Waals surface area contributed by atoms with E-state index in [4.69, 9.17) is 0 Å². The van der Waals surface area contributed by atoms with E-state index >= 15 is 0 Å². The van der Waals surface area contributed by atoms with Gasteiger partial charge in [-0.05, 0) is 25.1 Å². The van der Waals surface area contributed by atoms with E-state index in [2.05, 4.69) is 10.4 Å². The Bertz CT molecular complexity index is 1030. The molecule has 0 bridgehead atoms. The van der Waals surface area contributed by atoms with E-state index in [1.807, 2.05) is 13.8 Å². The second kappa shape index (κ2) is 11.2. The molecule has 1 aromatic carbocycles. The fraction of sp³-hybridized carbons (Fsp3) is 0.263. The van der Waals surface area contributed by atoms with Gasteiger partial charge < -0.3 is 5.32 Å². The lowest BCUT2D eigenvalue weighted by Crippen LogP contribution is -2.06. The molecule has 12 heteroatoms. The first-order valence-electron chi connectivity index (χ1n) is 8.85. The van der Waals surface area contributed by atoms with Gasteiger partial charge in [-0.15, -0.1) is 11.3 Å². The zero-order chi connectivity index (χ0) is 23.8. The lowest BCUT2D eigenvalue weighted by molar-refractivity contribution is -0.383. The summed E-state index contributed by atoms with van der Waals surface area (Å²) in [5.41, 5.74) is -0.987. The quantitative estimate of drug-likeness (QED) is 0.230. The number of rotatable bonds is 4. The maximum atomic E-state index is 12.6. The Morgan fingerprint density at radius 3 is 2.32 bits per heavy atom. The first-order chi connectivity index (χ1) is 14.5. The zero-order valence-corrected chi connectivity index (χ0v) is 17.8. The summed E-state index contributed by atoms with van der Waals surface area (Å²) in [6.07, 6.45) is -4.13. The molecule has 0 saturated heterocycles. The molecule has 168 valence electrons. The smallest absolute Gasteiger partial charge is 0.326 e. The molecule has 0 aliphatic heterocycles. The number of anilines is 1. The number of aromatic nitrogens is 2. The van der Waals surface area contributed by atoms with Gasteiger partial charge >= 0.3 is 6.18 Å². The molecule has 1 N–H and O–H groups in total. The van der Waals surface area contributed by atoms with Gasteiger partial charge in [0.05, 0.1) is 16.3 Å². The summed E-state index contributed by atoms with van der Waals surface area (Å²) in [7, 11) is 1.32. The number of nitrogens with zero attached hydrogens (tertiary/aromatic N) is 3. The minimum absolute atomic E-state index is 0.0807. The standard InChI is InChI=1S/C10H8F3N3O2S.C7H6FNO.C2H6/c1-5-3-7(16(17)18)9(19-5)6-4-8(10(11,12)13)14-15(6)2;8-6-3-1-2-4-7(6)9-5-10;1-2/h3-4H,1-2H3;1-5H,(H,9,10);1-2H3. The van der Waals surface area contributed by atoms with Crippen molar-refractivity contribution in [2.24, 2.45) is 7.05 Å². The molecule has 0 unspecified atom stereocenters. The fourth-order valence-corrected chi connectivity index (χ4v) is 3.31. The SMILES string of the molecule is CC.Cc1cc([N+](=O)[O-])c(-c2cc(C(F)(F)F)nn2C)s1.O=CNc1ccccc1F. The van der Waals surface area contributed by atoms with E-state index in [0.29, 0.717) is 11.3 Å². The van der Waals surface area contributed by atoms with Gasteiger partial charge in [-0.25, -0.2) is 4.39 Å². The van der Waals surface area contributed by atoms with Gasteiger partial charge in [-0.3, -0.25) is 19.6 Å². The van der Waals surface area contributed by atoms with Crippen LogP contribution in [0.3, 0.4) is 0 Å². The molecular formula is C19H20F4N4O3S. The van der Waals surface area contributed by atoms with Crippen molar-refractivity contribution in [3.05, 3.63) is 62.9 Å². The Morgan fingerprint density at radius 2 is 1.84 bits per heavy atom. The average Bonchev–Trinajstić information content (AvgIpc) is 3.28. The van der Waals surface area contributed by atoms with Crippen molar-refractivity contribution in [2.75, 3.05) is 5.32 Å². The number of halogens is 4. The van der Waals surface area contributed by atoms with Crippen LogP contribution in [-0.4, -0.2) is 21.1 Å². The Hall–Kier alpha value is -3.28. The monoisotopic (exact) mass is 460 g/mol. The van der Waals surface area contributed by atoms with Crippen molar-refractivity contribution in [1.82, 2.24) is 9.78 Å². The summed E-state index contributed by atoms with van der Waals surface area (Å²) in [6.45, 7) is 5.65. The van der Waals surface area contributed by atoms with Crippen LogP contribution in [0.1, 0.15) is 24.4 Å². The molecule has 0 saturated carbocycles. The second-order valence-electron chi connectivity index (χ2n) is 5.61. The number of para-hydroxylation sites is 1. The predicted molar refractivity (Wildman–Crippen MR) is 110 cm³/mol. The minimum atomic E-state index is -4.57. The number of nitro groups is 1. The van der Waals surface area contributed by atoms with Gasteiger partial charge in [-0.1, -0.05) is 26.0 Å². The maximum Gasteiger partial charge on any atom is 0.435 e. The topological polar surface area (TPSA) is 90.1 Å². The average molecular weight is 460 g/mol. The van der Waals surface area contributed by atoms with E-state index in [1.54, 1.807) is 19.1 Å². The minimum Gasteiger partial charge on any atom is -0.326 e. The zero-order valence-electron chi connectivity index (χ0n) is 17.0. The maximum absolute atomic E-state index is 12.6. The number of thiophene rings is 1. The molecule has 3 aromatic rings. The summed E-state index contributed by atoms with van der Waals surface area (Å²) < 4.78 is 51.2. The van der Waals surface area contributed by atoms with Crippen molar-refractivity contribution < 1.29 is 27.3 Å². The van der Waals surface area contributed by atoms with Crippen molar-refractivity contribution in [3.63, 3.8) is 0 Å². The molecule has 1 amide bonds.